The van der Waals surface area contributed by atoms with Gasteiger partial charge in [0.25, 0.3) is 0 Å². The second-order valence-corrected chi connectivity index (χ2v) is 10.6. The molecule has 0 aliphatic carbocycles. The first-order chi connectivity index (χ1) is 13.9. The van der Waals surface area contributed by atoms with Gasteiger partial charge in [-0.05, 0) is 56.2 Å². The van der Waals surface area contributed by atoms with Crippen molar-refractivity contribution in [3.63, 3.8) is 0 Å². The van der Waals surface area contributed by atoms with Crippen LogP contribution < -0.4 is 5.32 Å². The number of halogens is 1. The predicted octanol–water partition coefficient (Wildman–Crippen LogP) is 4.18. The molecule has 1 heterocycles. The van der Waals surface area contributed by atoms with Crippen LogP contribution in [0.2, 0.25) is 0 Å². The number of carbonyl (C=O) groups is 1. The number of ether oxygens (including phenoxy) is 1. The summed E-state index contributed by atoms with van der Waals surface area (Å²) in [5.74, 6) is -0.150. The number of rotatable bonds is 5. The Morgan fingerprint density at radius 1 is 1.13 bits per heavy atom. The molecular formula is C22H27FN2O4S. The standard InChI is InChI=1S/C22H27FN2O4S/c1-22(2,3)29-21(26)25-13-15(14-25)12-24-20-10-7-17(11-19(20)23)16-5-8-18(9-6-16)30(4,27)28/h5-11,15,24H,12-14H2,1-4H3. The molecule has 3 rings (SSSR count). The van der Waals surface area contributed by atoms with E-state index in [9.17, 15) is 17.6 Å². The third kappa shape index (κ3) is 5.50. The SMILES string of the molecule is CC(C)(C)OC(=O)N1CC(CNc2ccc(-c3ccc(S(C)(=O)=O)cc3)cc2F)C1. The number of anilines is 1. The molecule has 8 heteroatoms. The average molecular weight is 435 g/mol. The van der Waals surface area contributed by atoms with Gasteiger partial charge in [0.05, 0.1) is 10.6 Å². The lowest BCUT2D eigenvalue weighted by Gasteiger charge is -2.40. The first kappa shape index (κ1) is 22.1. The first-order valence-corrected chi connectivity index (χ1v) is 11.6. The zero-order valence-electron chi connectivity index (χ0n) is 17.6. The summed E-state index contributed by atoms with van der Waals surface area (Å²) in [5, 5.41) is 3.10. The van der Waals surface area contributed by atoms with Crippen LogP contribution >= 0.6 is 0 Å². The lowest BCUT2D eigenvalue weighted by atomic mass is 10.0. The molecule has 0 saturated carbocycles. The maximum Gasteiger partial charge on any atom is 0.410 e. The van der Waals surface area contributed by atoms with E-state index in [1.165, 1.54) is 18.2 Å². The van der Waals surface area contributed by atoms with Crippen LogP contribution in [0.3, 0.4) is 0 Å². The van der Waals surface area contributed by atoms with Crippen molar-refractivity contribution in [2.24, 2.45) is 5.92 Å². The number of carbonyl (C=O) groups excluding carboxylic acids is 1. The van der Waals surface area contributed by atoms with Gasteiger partial charge >= 0.3 is 6.09 Å². The highest BCUT2D eigenvalue weighted by atomic mass is 32.2. The summed E-state index contributed by atoms with van der Waals surface area (Å²) in [6.45, 7) is 7.20. The van der Waals surface area contributed by atoms with Crippen LogP contribution in [-0.4, -0.2) is 50.9 Å². The quantitative estimate of drug-likeness (QED) is 0.764. The smallest absolute Gasteiger partial charge is 0.410 e. The summed E-state index contributed by atoms with van der Waals surface area (Å²) in [6.07, 6.45) is 0.827. The van der Waals surface area contributed by atoms with Gasteiger partial charge in [-0.25, -0.2) is 17.6 Å². The molecule has 0 spiro atoms. The normalized spacial score (nSPS) is 14.9. The van der Waals surface area contributed by atoms with Crippen molar-refractivity contribution >= 4 is 21.6 Å². The van der Waals surface area contributed by atoms with Crippen LogP contribution in [0.15, 0.2) is 47.4 Å². The van der Waals surface area contributed by atoms with Crippen molar-refractivity contribution in [3.8, 4) is 11.1 Å². The first-order valence-electron chi connectivity index (χ1n) is 9.74. The molecule has 1 fully saturated rings. The van der Waals surface area contributed by atoms with Crippen molar-refractivity contribution in [1.82, 2.24) is 4.90 Å². The van der Waals surface area contributed by atoms with Crippen LogP contribution in [0.1, 0.15) is 20.8 Å². The lowest BCUT2D eigenvalue weighted by molar-refractivity contribution is 0.000832. The number of sulfone groups is 1. The van der Waals surface area contributed by atoms with Gasteiger partial charge in [-0.3, -0.25) is 0 Å². The number of nitrogens with one attached hydrogen (secondary N) is 1. The van der Waals surface area contributed by atoms with Crippen LogP contribution in [0.5, 0.6) is 0 Å². The Morgan fingerprint density at radius 2 is 1.73 bits per heavy atom. The number of likely N-dealkylation sites (tertiary alicyclic amines) is 1. The molecule has 2 aromatic rings. The minimum Gasteiger partial charge on any atom is -0.444 e. The highest BCUT2D eigenvalue weighted by Gasteiger charge is 2.33. The maximum atomic E-state index is 14.5. The predicted molar refractivity (Wildman–Crippen MR) is 115 cm³/mol. The minimum absolute atomic E-state index is 0.228. The third-order valence-corrected chi connectivity index (χ3v) is 5.90. The van der Waals surface area contributed by atoms with Gasteiger partial charge in [0.2, 0.25) is 0 Å². The minimum atomic E-state index is -3.26. The van der Waals surface area contributed by atoms with Gasteiger partial charge in [-0.2, -0.15) is 0 Å². The monoisotopic (exact) mass is 434 g/mol. The number of hydrogen-bond donors (Lipinski definition) is 1. The number of amides is 1. The fourth-order valence-electron chi connectivity index (χ4n) is 3.16. The molecule has 1 amide bonds. The van der Waals surface area contributed by atoms with Gasteiger partial charge in [0, 0.05) is 31.8 Å². The fraction of sp³-hybridized carbons (Fsp3) is 0.409. The Bertz CT molecular complexity index is 1020. The van der Waals surface area contributed by atoms with Gasteiger partial charge in [0.15, 0.2) is 9.84 Å². The molecule has 1 aliphatic rings. The fourth-order valence-corrected chi connectivity index (χ4v) is 3.79. The van der Waals surface area contributed by atoms with Crippen molar-refractivity contribution in [1.29, 1.82) is 0 Å². The molecule has 0 unspecified atom stereocenters. The Morgan fingerprint density at radius 3 is 2.27 bits per heavy atom. The van der Waals surface area contributed by atoms with Crippen molar-refractivity contribution < 1.29 is 22.3 Å². The molecule has 0 atom stereocenters. The van der Waals surface area contributed by atoms with Crippen molar-refractivity contribution in [2.45, 2.75) is 31.3 Å². The number of nitrogens with zero attached hydrogens (tertiary/aromatic N) is 1. The zero-order valence-corrected chi connectivity index (χ0v) is 18.4. The second-order valence-electron chi connectivity index (χ2n) is 8.62. The summed E-state index contributed by atoms with van der Waals surface area (Å²) in [7, 11) is -3.26. The van der Waals surface area contributed by atoms with Gasteiger partial charge in [-0.1, -0.05) is 18.2 Å². The summed E-state index contributed by atoms with van der Waals surface area (Å²) < 4.78 is 43.0. The molecule has 162 valence electrons. The lowest BCUT2D eigenvalue weighted by Crippen LogP contribution is -2.53. The van der Waals surface area contributed by atoms with E-state index >= 15 is 0 Å². The third-order valence-electron chi connectivity index (χ3n) is 4.77. The molecule has 6 nitrogen and oxygen atoms in total. The molecule has 30 heavy (non-hydrogen) atoms. The summed E-state index contributed by atoms with van der Waals surface area (Å²) >= 11 is 0. The molecule has 0 aromatic heterocycles. The van der Waals surface area contributed by atoms with E-state index in [4.69, 9.17) is 4.74 Å². The van der Waals surface area contributed by atoms with Gasteiger partial charge < -0.3 is 15.0 Å². The maximum absolute atomic E-state index is 14.5. The van der Waals surface area contributed by atoms with Crippen molar-refractivity contribution in [3.05, 3.63) is 48.3 Å². The topological polar surface area (TPSA) is 75.7 Å². The number of benzene rings is 2. The Labute approximate surface area is 177 Å². The highest BCUT2D eigenvalue weighted by molar-refractivity contribution is 7.90. The molecule has 1 saturated heterocycles. The van der Waals surface area contributed by atoms with Crippen LogP contribution in [-0.2, 0) is 14.6 Å². The van der Waals surface area contributed by atoms with E-state index in [1.807, 2.05) is 20.8 Å². The Balaban J connectivity index is 1.55. The molecule has 1 aliphatic heterocycles. The van der Waals surface area contributed by atoms with E-state index in [0.29, 0.717) is 30.9 Å². The van der Waals surface area contributed by atoms with E-state index in [0.717, 1.165) is 11.8 Å². The van der Waals surface area contributed by atoms with Crippen LogP contribution in [0.25, 0.3) is 11.1 Å². The molecule has 1 N–H and O–H groups in total. The van der Waals surface area contributed by atoms with E-state index in [1.54, 1.807) is 29.2 Å². The van der Waals surface area contributed by atoms with E-state index < -0.39 is 15.4 Å². The van der Waals surface area contributed by atoms with Crippen LogP contribution in [0.4, 0.5) is 14.9 Å². The summed E-state index contributed by atoms with van der Waals surface area (Å²) in [6, 6.07) is 11.2. The van der Waals surface area contributed by atoms with E-state index in [2.05, 4.69) is 5.32 Å². The van der Waals surface area contributed by atoms with Crippen molar-refractivity contribution in [2.75, 3.05) is 31.2 Å². The molecule has 2 aromatic carbocycles. The molecule has 0 radical (unpaired) electrons. The molecular weight excluding hydrogens is 407 g/mol. The zero-order chi connectivity index (χ0) is 22.1. The molecule has 0 bridgehead atoms. The van der Waals surface area contributed by atoms with Gasteiger partial charge in [0.1, 0.15) is 11.4 Å². The van der Waals surface area contributed by atoms with E-state index in [-0.39, 0.29) is 22.7 Å². The van der Waals surface area contributed by atoms with Gasteiger partial charge in [-0.15, -0.1) is 0 Å². The Kier molecular flexibility index (Phi) is 6.08. The largest absolute Gasteiger partial charge is 0.444 e. The number of hydrogen-bond acceptors (Lipinski definition) is 5. The highest BCUT2D eigenvalue weighted by Crippen LogP contribution is 2.26. The summed E-state index contributed by atoms with van der Waals surface area (Å²) in [5.41, 5.74) is 1.27. The Hall–Kier alpha value is -2.61. The summed E-state index contributed by atoms with van der Waals surface area (Å²) in [4.78, 5) is 13.8. The van der Waals surface area contributed by atoms with Crippen LogP contribution in [0, 0.1) is 11.7 Å². The average Bonchev–Trinajstić information content (AvgIpc) is 2.59. The second kappa shape index (κ2) is 8.26.